The van der Waals surface area contributed by atoms with Crippen LogP contribution in [0, 0.1) is 11.6 Å². The van der Waals surface area contributed by atoms with E-state index in [-0.39, 0.29) is 0 Å². The lowest BCUT2D eigenvalue weighted by atomic mass is 10.0. The lowest BCUT2D eigenvalue weighted by Gasteiger charge is -2.03. The summed E-state index contributed by atoms with van der Waals surface area (Å²) in [5.74, 6) is -1.35. The van der Waals surface area contributed by atoms with E-state index in [9.17, 15) is 17.6 Å². The molecule has 2 rings (SSSR count). The largest absolute Gasteiger partial charge is 0.270 e. The molecule has 18 heavy (non-hydrogen) atoms. The van der Waals surface area contributed by atoms with Crippen LogP contribution < -0.4 is 0 Å². The van der Waals surface area contributed by atoms with Gasteiger partial charge in [0.1, 0.15) is 11.6 Å². The average molecular weight is 252 g/mol. The second-order valence-electron chi connectivity index (χ2n) is 3.71. The van der Waals surface area contributed by atoms with Gasteiger partial charge >= 0.3 is 0 Å². The summed E-state index contributed by atoms with van der Waals surface area (Å²) >= 11 is 0. The fourth-order valence-electron chi connectivity index (χ4n) is 1.62. The maximum Gasteiger partial charge on any atom is 0.270 e. The zero-order valence-corrected chi connectivity index (χ0v) is 9.13. The topological polar surface area (TPSA) is 0 Å². The molecule has 0 fully saturated rings. The van der Waals surface area contributed by atoms with Gasteiger partial charge in [-0.3, -0.25) is 0 Å². The number of halogens is 4. The van der Waals surface area contributed by atoms with E-state index in [0.29, 0.717) is 16.7 Å². The molecule has 0 aliphatic carbocycles. The summed E-state index contributed by atoms with van der Waals surface area (Å²) < 4.78 is 50.1. The van der Waals surface area contributed by atoms with Crippen LogP contribution in [0.4, 0.5) is 17.6 Å². The third-order valence-electron chi connectivity index (χ3n) is 2.38. The van der Waals surface area contributed by atoms with Gasteiger partial charge in [0.05, 0.1) is 0 Å². The van der Waals surface area contributed by atoms with Gasteiger partial charge in [-0.15, -0.1) is 0 Å². The zero-order chi connectivity index (χ0) is 13.1. The Hall–Kier alpha value is -2.10. The third-order valence-corrected chi connectivity index (χ3v) is 2.38. The molecule has 0 radical (unpaired) electrons. The van der Waals surface area contributed by atoms with Gasteiger partial charge in [-0.1, -0.05) is 24.3 Å². The maximum atomic E-state index is 13.0. The van der Waals surface area contributed by atoms with E-state index >= 15 is 0 Å². The van der Waals surface area contributed by atoms with E-state index in [4.69, 9.17) is 0 Å². The number of benzene rings is 2. The molecule has 92 valence electrons. The molecule has 4 heteroatoms. The van der Waals surface area contributed by atoms with E-state index < -0.39 is 17.7 Å². The van der Waals surface area contributed by atoms with Gasteiger partial charge in [-0.2, -0.15) is 8.78 Å². The van der Waals surface area contributed by atoms with E-state index in [1.165, 1.54) is 36.4 Å². The molecule has 0 bridgehead atoms. The van der Waals surface area contributed by atoms with Gasteiger partial charge < -0.3 is 0 Å². The van der Waals surface area contributed by atoms with Crippen LogP contribution in [0.15, 0.2) is 48.5 Å². The fraction of sp³-hybridized carbons (Fsp3) is 0. The molecule has 0 aliphatic rings. The number of hydrogen-bond acceptors (Lipinski definition) is 0. The van der Waals surface area contributed by atoms with Crippen molar-refractivity contribution < 1.29 is 17.6 Å². The number of rotatable bonds is 2. The van der Waals surface area contributed by atoms with Crippen molar-refractivity contribution in [3.05, 3.63) is 65.7 Å². The molecule has 0 heterocycles. The van der Waals surface area contributed by atoms with E-state index in [0.717, 1.165) is 12.1 Å². The predicted octanol–water partition coefficient (Wildman–Crippen LogP) is 4.87. The minimum atomic E-state index is -1.79. The third kappa shape index (κ3) is 2.97. The highest BCUT2D eigenvalue weighted by atomic mass is 19.3. The van der Waals surface area contributed by atoms with Gasteiger partial charge in [-0.25, -0.2) is 8.78 Å². The molecule has 0 spiro atoms. The lowest BCUT2D eigenvalue weighted by Crippen LogP contribution is -1.84. The summed E-state index contributed by atoms with van der Waals surface area (Å²) in [7, 11) is 0. The van der Waals surface area contributed by atoms with Crippen molar-refractivity contribution in [1.29, 1.82) is 0 Å². The first-order valence-corrected chi connectivity index (χ1v) is 5.14. The molecule has 0 saturated heterocycles. The Morgan fingerprint density at radius 1 is 0.778 bits per heavy atom. The summed E-state index contributed by atoms with van der Waals surface area (Å²) in [5.41, 5.74) is 1.25. The van der Waals surface area contributed by atoms with Crippen molar-refractivity contribution in [1.82, 2.24) is 0 Å². The smallest absolute Gasteiger partial charge is 0.207 e. The van der Waals surface area contributed by atoms with Crippen LogP contribution in [0.1, 0.15) is 5.56 Å². The highest BCUT2D eigenvalue weighted by Crippen LogP contribution is 2.22. The van der Waals surface area contributed by atoms with E-state index in [1.807, 2.05) is 0 Å². The molecule has 0 amide bonds. The minimum absolute atomic E-state index is 0.329. The molecule has 0 aliphatic heterocycles. The Labute approximate surface area is 101 Å². The van der Waals surface area contributed by atoms with Crippen molar-refractivity contribution in [2.24, 2.45) is 0 Å². The summed E-state index contributed by atoms with van der Waals surface area (Å²) in [6.07, 6.45) is -1.07. The SMILES string of the molecule is FC(F)=Cc1ccc(-c2cc(F)cc(F)c2)cc1. The lowest BCUT2D eigenvalue weighted by molar-refractivity contribution is 0.429. The average Bonchev–Trinajstić information content (AvgIpc) is 2.27. The Kier molecular flexibility index (Phi) is 3.46. The van der Waals surface area contributed by atoms with Crippen molar-refractivity contribution >= 4 is 6.08 Å². The van der Waals surface area contributed by atoms with E-state index in [1.54, 1.807) is 0 Å². The van der Waals surface area contributed by atoms with Gasteiger partial charge in [0.25, 0.3) is 6.08 Å². The Balaban J connectivity index is 2.37. The zero-order valence-electron chi connectivity index (χ0n) is 9.13. The molecule has 0 aromatic heterocycles. The highest BCUT2D eigenvalue weighted by Gasteiger charge is 2.03. The quantitative estimate of drug-likeness (QED) is 0.669. The van der Waals surface area contributed by atoms with Gasteiger partial charge in [0.15, 0.2) is 0 Å². The second kappa shape index (κ2) is 5.04. The molecule has 0 saturated carbocycles. The summed E-state index contributed by atoms with van der Waals surface area (Å²) in [5, 5.41) is 0. The van der Waals surface area contributed by atoms with Crippen LogP contribution >= 0.6 is 0 Å². The predicted molar refractivity (Wildman–Crippen MR) is 62.0 cm³/mol. The summed E-state index contributed by atoms with van der Waals surface area (Å²) in [4.78, 5) is 0. The molecule has 2 aromatic rings. The fourth-order valence-corrected chi connectivity index (χ4v) is 1.62. The molecule has 0 unspecified atom stereocenters. The first-order chi connectivity index (χ1) is 8.54. The molecular weight excluding hydrogens is 244 g/mol. The summed E-state index contributed by atoms with van der Waals surface area (Å²) in [6.45, 7) is 0. The van der Waals surface area contributed by atoms with Crippen LogP contribution in [-0.2, 0) is 0 Å². The minimum Gasteiger partial charge on any atom is -0.207 e. The van der Waals surface area contributed by atoms with Crippen LogP contribution in [0.3, 0.4) is 0 Å². The van der Waals surface area contributed by atoms with Crippen LogP contribution in [0.25, 0.3) is 17.2 Å². The molecule has 2 aromatic carbocycles. The van der Waals surface area contributed by atoms with Crippen LogP contribution in [0.5, 0.6) is 0 Å². The van der Waals surface area contributed by atoms with Crippen molar-refractivity contribution in [2.45, 2.75) is 0 Å². The monoisotopic (exact) mass is 252 g/mol. The molecular formula is C14H8F4. The first kappa shape index (κ1) is 12.4. The standard InChI is InChI=1S/C14H8F4/c15-12-6-11(7-13(16)8-12)10-3-1-9(2-4-10)5-14(17)18/h1-8H. The van der Waals surface area contributed by atoms with Gasteiger partial charge in [0, 0.05) is 12.1 Å². The molecule has 0 atom stereocenters. The Morgan fingerprint density at radius 3 is 1.83 bits per heavy atom. The first-order valence-electron chi connectivity index (χ1n) is 5.14. The Morgan fingerprint density at radius 2 is 1.33 bits per heavy atom. The molecule has 0 N–H and O–H groups in total. The molecule has 0 nitrogen and oxygen atoms in total. The van der Waals surface area contributed by atoms with Gasteiger partial charge in [0.2, 0.25) is 0 Å². The second-order valence-corrected chi connectivity index (χ2v) is 3.71. The van der Waals surface area contributed by atoms with Crippen molar-refractivity contribution in [2.75, 3.05) is 0 Å². The summed E-state index contributed by atoms with van der Waals surface area (Å²) in [6, 6.07) is 9.12. The van der Waals surface area contributed by atoms with Crippen molar-refractivity contribution in [3.63, 3.8) is 0 Å². The normalized spacial score (nSPS) is 10.2. The van der Waals surface area contributed by atoms with E-state index in [2.05, 4.69) is 0 Å². The van der Waals surface area contributed by atoms with Crippen LogP contribution in [0.2, 0.25) is 0 Å². The maximum absolute atomic E-state index is 13.0. The van der Waals surface area contributed by atoms with Crippen LogP contribution in [-0.4, -0.2) is 0 Å². The Bertz CT molecular complexity index is 561. The number of hydrogen-bond donors (Lipinski definition) is 0. The van der Waals surface area contributed by atoms with Crippen molar-refractivity contribution in [3.8, 4) is 11.1 Å². The van der Waals surface area contributed by atoms with Gasteiger partial charge in [-0.05, 0) is 28.8 Å². The highest BCUT2D eigenvalue weighted by molar-refractivity contribution is 5.65.